The molecule has 0 aliphatic heterocycles. The minimum Gasteiger partial charge on any atom is -0.360 e. The zero-order valence-electron chi connectivity index (χ0n) is 24.4. The molecule has 3 aromatic heterocycles. The summed E-state index contributed by atoms with van der Waals surface area (Å²) < 4.78 is 0. The summed E-state index contributed by atoms with van der Waals surface area (Å²) >= 11 is 0. The predicted octanol–water partition coefficient (Wildman–Crippen LogP) is 5.29. The van der Waals surface area contributed by atoms with Crippen LogP contribution in [0.25, 0.3) is 22.2 Å². The summed E-state index contributed by atoms with van der Waals surface area (Å²) in [6, 6.07) is 12.4. The van der Waals surface area contributed by atoms with Crippen LogP contribution >= 0.6 is 0 Å². The largest absolute Gasteiger partial charge is 0.360 e. The molecule has 0 spiro atoms. The van der Waals surface area contributed by atoms with E-state index in [0.717, 1.165) is 65.6 Å². The van der Waals surface area contributed by atoms with Crippen LogP contribution < -0.4 is 16.0 Å². The lowest BCUT2D eigenvalue weighted by Crippen LogP contribution is -2.48. The SMILES string of the molecule is Cc1cnc(N[C@@H]2CCC[C@](C)(NCc3ccc(NC(=O)/C=C/CN(C)C)cn3)C2)nc1-c1c[nH]c2ccccc12. The van der Waals surface area contributed by atoms with Crippen LogP contribution in [0.4, 0.5) is 11.6 Å². The van der Waals surface area contributed by atoms with E-state index in [1.807, 2.05) is 55.7 Å². The molecule has 4 N–H and O–H groups in total. The lowest BCUT2D eigenvalue weighted by molar-refractivity contribution is -0.111. The molecule has 4 aromatic rings. The molecule has 0 saturated heterocycles. The maximum atomic E-state index is 12.1. The Hall–Kier alpha value is -4.08. The van der Waals surface area contributed by atoms with Gasteiger partial charge in [0.1, 0.15) is 0 Å². The van der Waals surface area contributed by atoms with E-state index in [-0.39, 0.29) is 17.5 Å². The van der Waals surface area contributed by atoms with Crippen LogP contribution in [0.3, 0.4) is 0 Å². The molecule has 41 heavy (non-hydrogen) atoms. The Morgan fingerprint density at radius 1 is 1.17 bits per heavy atom. The number of hydrogen-bond acceptors (Lipinski definition) is 7. The summed E-state index contributed by atoms with van der Waals surface area (Å²) in [7, 11) is 3.92. The monoisotopic (exact) mass is 552 g/mol. The Bertz CT molecular complexity index is 1510. The maximum absolute atomic E-state index is 12.1. The first-order valence-corrected chi connectivity index (χ1v) is 14.3. The normalized spacial score (nSPS) is 19.2. The highest BCUT2D eigenvalue weighted by atomic mass is 16.1. The molecule has 1 fully saturated rings. The van der Waals surface area contributed by atoms with E-state index in [0.29, 0.717) is 18.2 Å². The Balaban J connectivity index is 1.17. The Kier molecular flexibility index (Phi) is 8.75. The third-order valence-electron chi connectivity index (χ3n) is 7.66. The first-order chi connectivity index (χ1) is 19.8. The van der Waals surface area contributed by atoms with Crippen LogP contribution in [0.2, 0.25) is 0 Å². The van der Waals surface area contributed by atoms with Crippen molar-refractivity contribution in [2.75, 3.05) is 31.3 Å². The summed E-state index contributed by atoms with van der Waals surface area (Å²) in [5, 5.41) is 11.4. The van der Waals surface area contributed by atoms with Gasteiger partial charge in [0.05, 0.1) is 23.3 Å². The van der Waals surface area contributed by atoms with Gasteiger partial charge in [-0.3, -0.25) is 9.78 Å². The summed E-state index contributed by atoms with van der Waals surface area (Å²) in [6.07, 6.45) is 13.3. The molecule has 5 rings (SSSR count). The molecule has 0 radical (unpaired) electrons. The van der Waals surface area contributed by atoms with Gasteiger partial charge in [0.15, 0.2) is 0 Å². The van der Waals surface area contributed by atoms with Crippen molar-refractivity contribution in [3.05, 3.63) is 78.4 Å². The van der Waals surface area contributed by atoms with Crippen LogP contribution in [0.15, 0.2) is 67.1 Å². The van der Waals surface area contributed by atoms with Gasteiger partial charge in [0.25, 0.3) is 0 Å². The number of H-pyrrole nitrogens is 1. The van der Waals surface area contributed by atoms with Gasteiger partial charge in [-0.15, -0.1) is 0 Å². The van der Waals surface area contributed by atoms with Crippen LogP contribution in [-0.4, -0.2) is 63.0 Å². The fraction of sp³-hybridized carbons (Fsp3) is 0.375. The number of para-hydroxylation sites is 1. The van der Waals surface area contributed by atoms with Gasteiger partial charge in [-0.25, -0.2) is 9.97 Å². The van der Waals surface area contributed by atoms with Crippen LogP contribution in [-0.2, 0) is 11.3 Å². The lowest BCUT2D eigenvalue weighted by atomic mass is 9.80. The number of pyridine rings is 1. The summed E-state index contributed by atoms with van der Waals surface area (Å²) in [6.45, 7) is 5.71. The molecule has 1 aliphatic rings. The van der Waals surface area contributed by atoms with E-state index >= 15 is 0 Å². The molecular formula is C32H40N8O. The van der Waals surface area contributed by atoms with Crippen LogP contribution in [0, 0.1) is 6.92 Å². The molecule has 1 aromatic carbocycles. The van der Waals surface area contributed by atoms with Crippen molar-refractivity contribution in [2.45, 2.75) is 57.7 Å². The zero-order valence-corrected chi connectivity index (χ0v) is 24.4. The molecule has 2 atom stereocenters. The van der Waals surface area contributed by atoms with Crippen molar-refractivity contribution in [2.24, 2.45) is 0 Å². The summed E-state index contributed by atoms with van der Waals surface area (Å²) in [5.74, 6) is 0.514. The van der Waals surface area contributed by atoms with Gasteiger partial charge in [0.2, 0.25) is 11.9 Å². The van der Waals surface area contributed by atoms with Crippen molar-refractivity contribution in [3.63, 3.8) is 0 Å². The van der Waals surface area contributed by atoms with Gasteiger partial charge >= 0.3 is 0 Å². The average Bonchev–Trinajstić information content (AvgIpc) is 3.38. The first kappa shape index (κ1) is 28.4. The smallest absolute Gasteiger partial charge is 0.248 e. The molecule has 0 bridgehead atoms. The van der Waals surface area contributed by atoms with E-state index in [1.54, 1.807) is 12.3 Å². The lowest BCUT2D eigenvalue weighted by Gasteiger charge is -2.39. The summed E-state index contributed by atoms with van der Waals surface area (Å²) in [5.41, 5.74) is 5.79. The number of aromatic amines is 1. The van der Waals surface area contributed by atoms with Crippen molar-refractivity contribution < 1.29 is 4.79 Å². The zero-order chi connectivity index (χ0) is 28.8. The third kappa shape index (κ3) is 7.36. The highest BCUT2D eigenvalue weighted by Crippen LogP contribution is 2.32. The molecule has 214 valence electrons. The Morgan fingerprint density at radius 2 is 2.02 bits per heavy atom. The number of nitrogens with zero attached hydrogens (tertiary/aromatic N) is 4. The molecule has 1 amide bonds. The highest BCUT2D eigenvalue weighted by Gasteiger charge is 2.32. The number of hydrogen-bond donors (Lipinski definition) is 4. The molecule has 1 saturated carbocycles. The second kappa shape index (κ2) is 12.6. The number of aryl methyl sites for hydroxylation is 1. The molecule has 9 heteroatoms. The van der Waals surface area contributed by atoms with Gasteiger partial charge in [0, 0.05) is 59.6 Å². The number of carbonyl (C=O) groups excluding carboxylic acids is 1. The third-order valence-corrected chi connectivity index (χ3v) is 7.66. The molecule has 3 heterocycles. The van der Waals surface area contributed by atoms with Crippen molar-refractivity contribution in [1.29, 1.82) is 0 Å². The highest BCUT2D eigenvalue weighted by molar-refractivity contribution is 5.99. The van der Waals surface area contributed by atoms with Crippen molar-refractivity contribution >= 4 is 28.4 Å². The minimum absolute atomic E-state index is 0.0356. The Labute approximate surface area is 241 Å². The van der Waals surface area contributed by atoms with E-state index in [2.05, 4.69) is 62.9 Å². The Morgan fingerprint density at radius 3 is 2.83 bits per heavy atom. The number of rotatable bonds is 10. The topological polar surface area (TPSA) is 111 Å². The number of nitrogens with one attached hydrogen (secondary N) is 4. The van der Waals surface area contributed by atoms with E-state index < -0.39 is 0 Å². The van der Waals surface area contributed by atoms with E-state index in [1.165, 1.54) is 0 Å². The van der Waals surface area contributed by atoms with Crippen LogP contribution in [0.1, 0.15) is 43.9 Å². The number of amides is 1. The molecule has 0 unspecified atom stereocenters. The number of likely N-dealkylation sites (N-methyl/N-ethyl adjacent to an activating group) is 1. The number of benzene rings is 1. The maximum Gasteiger partial charge on any atom is 0.248 e. The fourth-order valence-electron chi connectivity index (χ4n) is 5.47. The van der Waals surface area contributed by atoms with E-state index in [9.17, 15) is 4.79 Å². The average molecular weight is 553 g/mol. The quantitative estimate of drug-likeness (QED) is 0.198. The number of anilines is 2. The van der Waals surface area contributed by atoms with Gasteiger partial charge in [-0.05, 0) is 77.4 Å². The molecule has 1 aliphatic carbocycles. The van der Waals surface area contributed by atoms with Crippen molar-refractivity contribution in [1.82, 2.24) is 30.2 Å². The number of fused-ring (bicyclic) bond motifs is 1. The van der Waals surface area contributed by atoms with Gasteiger partial charge in [-0.1, -0.05) is 24.3 Å². The second-order valence-corrected chi connectivity index (χ2v) is 11.5. The minimum atomic E-state index is -0.154. The fourth-order valence-corrected chi connectivity index (χ4v) is 5.47. The van der Waals surface area contributed by atoms with E-state index in [4.69, 9.17) is 4.98 Å². The predicted molar refractivity (Wildman–Crippen MR) is 166 cm³/mol. The standard InChI is InChI=1S/C32H40N8O/c1-22-18-35-31(39-30(22)27-21-34-28-11-6-5-10-26(27)28)38-23-9-7-15-32(2,17-23)36-20-24-13-14-25(19-33-24)37-29(41)12-8-16-40(3)4/h5-6,8,10-14,18-19,21,23,34,36H,7,9,15-17,20H2,1-4H3,(H,37,41)(H,35,38,39)/b12-8+/t23-,32+/m1/s1. The second-order valence-electron chi connectivity index (χ2n) is 11.5. The summed E-state index contributed by atoms with van der Waals surface area (Å²) in [4.78, 5) is 31.6. The van der Waals surface area contributed by atoms with Crippen molar-refractivity contribution in [3.8, 4) is 11.3 Å². The molecular weight excluding hydrogens is 512 g/mol. The molecule has 9 nitrogen and oxygen atoms in total. The van der Waals surface area contributed by atoms with Crippen LogP contribution in [0.5, 0.6) is 0 Å². The first-order valence-electron chi connectivity index (χ1n) is 14.3. The van der Waals surface area contributed by atoms with Gasteiger partial charge in [-0.2, -0.15) is 0 Å². The number of carbonyl (C=O) groups is 1. The number of aromatic nitrogens is 4. The van der Waals surface area contributed by atoms with Gasteiger partial charge < -0.3 is 25.8 Å².